The highest BCUT2D eigenvalue weighted by Crippen LogP contribution is 2.29. The van der Waals surface area contributed by atoms with E-state index in [2.05, 4.69) is 0 Å². The Labute approximate surface area is 143 Å². The first-order valence-electron chi connectivity index (χ1n) is 8.18. The van der Waals surface area contributed by atoms with Crippen molar-refractivity contribution in [2.24, 2.45) is 0 Å². The van der Waals surface area contributed by atoms with Gasteiger partial charge < -0.3 is 4.57 Å². The summed E-state index contributed by atoms with van der Waals surface area (Å²) >= 11 is 0. The zero-order valence-corrected chi connectivity index (χ0v) is 13.4. The smallest absolute Gasteiger partial charge is 0.160 e. The molecule has 0 amide bonds. The van der Waals surface area contributed by atoms with Crippen LogP contribution in [0.5, 0.6) is 0 Å². The molecule has 0 N–H and O–H groups in total. The largest absolute Gasteiger partial charge is 0.319 e. The molecule has 25 heavy (non-hydrogen) atoms. The van der Waals surface area contributed by atoms with Crippen molar-refractivity contribution >= 4 is 33.1 Å². The third kappa shape index (κ3) is 2.18. The minimum atomic E-state index is -0.206. The summed E-state index contributed by atoms with van der Waals surface area (Å²) in [6.45, 7) is 0.420. The Morgan fingerprint density at radius 3 is 2.28 bits per heavy atom. The summed E-state index contributed by atoms with van der Waals surface area (Å²) in [7, 11) is 0. The van der Waals surface area contributed by atoms with Gasteiger partial charge in [0, 0.05) is 10.9 Å². The number of aromatic nitrogens is 3. The highest BCUT2D eigenvalue weighted by molar-refractivity contribution is 6.06. The minimum Gasteiger partial charge on any atom is -0.319 e. The lowest BCUT2D eigenvalue weighted by atomic mass is 10.2. The molecule has 0 radical (unpaired) electrons. The predicted molar refractivity (Wildman–Crippen MR) is 98.0 cm³/mol. The average Bonchev–Trinajstić information content (AvgIpc) is 2.95. The van der Waals surface area contributed by atoms with Gasteiger partial charge in [0.2, 0.25) is 0 Å². The summed E-state index contributed by atoms with van der Waals surface area (Å²) in [5.74, 6) is -0.206. The van der Waals surface area contributed by atoms with Crippen LogP contribution in [0, 0.1) is 5.82 Å². The van der Waals surface area contributed by atoms with Gasteiger partial charge in [0.05, 0.1) is 23.1 Å². The normalized spacial score (nSPS) is 11.6. The molecular weight excluding hydrogens is 313 g/mol. The van der Waals surface area contributed by atoms with E-state index in [1.807, 2.05) is 65.2 Å². The molecule has 2 heterocycles. The van der Waals surface area contributed by atoms with Gasteiger partial charge in [0.15, 0.2) is 5.65 Å². The molecule has 0 saturated carbocycles. The monoisotopic (exact) mass is 327 g/mol. The fraction of sp³-hybridized carbons (Fsp3) is 0.0476. The van der Waals surface area contributed by atoms with Crippen LogP contribution >= 0.6 is 0 Å². The molecule has 0 aliphatic rings. The average molecular weight is 327 g/mol. The number of para-hydroxylation sites is 3. The molecule has 2 aromatic heterocycles. The van der Waals surface area contributed by atoms with Crippen LogP contribution in [0.1, 0.15) is 5.56 Å². The van der Waals surface area contributed by atoms with Crippen LogP contribution in [0.2, 0.25) is 0 Å². The van der Waals surface area contributed by atoms with Gasteiger partial charge in [0.1, 0.15) is 11.3 Å². The molecule has 0 atom stereocenters. The number of fused-ring (bicyclic) bond motifs is 4. The van der Waals surface area contributed by atoms with Gasteiger partial charge in [-0.2, -0.15) is 0 Å². The minimum absolute atomic E-state index is 0.206. The van der Waals surface area contributed by atoms with Gasteiger partial charge in [-0.05, 0) is 24.3 Å². The van der Waals surface area contributed by atoms with Crippen molar-refractivity contribution in [1.29, 1.82) is 0 Å². The highest BCUT2D eigenvalue weighted by atomic mass is 19.1. The van der Waals surface area contributed by atoms with Crippen molar-refractivity contribution in [1.82, 2.24) is 14.5 Å². The van der Waals surface area contributed by atoms with E-state index in [1.165, 1.54) is 6.07 Å². The van der Waals surface area contributed by atoms with Crippen molar-refractivity contribution in [3.63, 3.8) is 0 Å². The van der Waals surface area contributed by atoms with Crippen LogP contribution in [0.4, 0.5) is 4.39 Å². The Kier molecular flexibility index (Phi) is 3.04. The maximum Gasteiger partial charge on any atom is 0.160 e. The second-order valence-electron chi connectivity index (χ2n) is 6.08. The summed E-state index contributed by atoms with van der Waals surface area (Å²) in [5, 5.41) is 1.03. The molecule has 4 heteroatoms. The molecule has 0 unspecified atom stereocenters. The van der Waals surface area contributed by atoms with Crippen LogP contribution in [-0.4, -0.2) is 14.5 Å². The molecular formula is C21H14FN3. The van der Waals surface area contributed by atoms with Crippen molar-refractivity contribution in [2.75, 3.05) is 0 Å². The van der Waals surface area contributed by atoms with Gasteiger partial charge in [-0.15, -0.1) is 0 Å². The SMILES string of the molecule is Fc1ccccc1Cn1c2ccccc2c2nc3ccccc3nc21. The lowest BCUT2D eigenvalue weighted by Gasteiger charge is -2.08. The molecule has 3 aromatic carbocycles. The molecule has 0 bridgehead atoms. The quantitative estimate of drug-likeness (QED) is 0.460. The topological polar surface area (TPSA) is 30.7 Å². The highest BCUT2D eigenvalue weighted by Gasteiger charge is 2.15. The third-order valence-electron chi connectivity index (χ3n) is 4.54. The van der Waals surface area contributed by atoms with E-state index < -0.39 is 0 Å². The summed E-state index contributed by atoms with van der Waals surface area (Å²) in [4.78, 5) is 9.63. The maximum atomic E-state index is 14.2. The lowest BCUT2D eigenvalue weighted by molar-refractivity contribution is 0.603. The van der Waals surface area contributed by atoms with E-state index in [0.717, 1.165) is 33.1 Å². The van der Waals surface area contributed by atoms with E-state index in [9.17, 15) is 4.39 Å². The Morgan fingerprint density at radius 1 is 0.760 bits per heavy atom. The van der Waals surface area contributed by atoms with Gasteiger partial charge in [-0.25, -0.2) is 14.4 Å². The van der Waals surface area contributed by atoms with Gasteiger partial charge in [0.25, 0.3) is 0 Å². The van der Waals surface area contributed by atoms with Gasteiger partial charge in [-0.3, -0.25) is 0 Å². The van der Waals surface area contributed by atoms with E-state index in [1.54, 1.807) is 6.07 Å². The van der Waals surface area contributed by atoms with Crippen LogP contribution in [0.15, 0.2) is 72.8 Å². The first-order valence-corrected chi connectivity index (χ1v) is 8.18. The second kappa shape index (κ2) is 5.38. The number of halogens is 1. The van der Waals surface area contributed by atoms with Crippen LogP contribution in [0.25, 0.3) is 33.1 Å². The standard InChI is InChI=1S/C21H14FN3/c22-16-9-3-1-7-14(16)13-25-19-12-6-2-8-15(19)20-21(25)24-18-11-5-4-10-17(18)23-20/h1-12H,13H2. The first-order chi connectivity index (χ1) is 12.3. The predicted octanol–water partition coefficient (Wildman–Crippen LogP) is 4.93. The zero-order chi connectivity index (χ0) is 16.8. The van der Waals surface area contributed by atoms with E-state index in [4.69, 9.17) is 9.97 Å². The number of nitrogens with zero attached hydrogens (tertiary/aromatic N) is 3. The van der Waals surface area contributed by atoms with E-state index >= 15 is 0 Å². The Hall–Kier alpha value is -3.27. The van der Waals surface area contributed by atoms with E-state index in [-0.39, 0.29) is 5.82 Å². The summed E-state index contributed by atoms with van der Waals surface area (Å²) < 4.78 is 16.2. The number of benzene rings is 3. The molecule has 0 aliphatic carbocycles. The summed E-state index contributed by atoms with van der Waals surface area (Å²) in [6.07, 6.45) is 0. The summed E-state index contributed by atoms with van der Waals surface area (Å²) in [6, 6.07) is 22.7. The Morgan fingerprint density at radius 2 is 1.44 bits per heavy atom. The van der Waals surface area contributed by atoms with Crippen LogP contribution in [0.3, 0.4) is 0 Å². The van der Waals surface area contributed by atoms with Crippen molar-refractivity contribution in [3.05, 3.63) is 84.2 Å². The maximum absolute atomic E-state index is 14.2. The summed E-state index contributed by atoms with van der Waals surface area (Å²) in [5.41, 5.74) is 4.99. The molecule has 0 fully saturated rings. The van der Waals surface area contributed by atoms with Crippen LogP contribution in [-0.2, 0) is 6.54 Å². The van der Waals surface area contributed by atoms with Gasteiger partial charge in [-0.1, -0.05) is 48.5 Å². The van der Waals surface area contributed by atoms with Crippen molar-refractivity contribution < 1.29 is 4.39 Å². The Balaban J connectivity index is 1.86. The fourth-order valence-corrected chi connectivity index (χ4v) is 3.34. The zero-order valence-electron chi connectivity index (χ0n) is 13.4. The van der Waals surface area contributed by atoms with Crippen molar-refractivity contribution in [3.8, 4) is 0 Å². The number of rotatable bonds is 2. The first kappa shape index (κ1) is 14.1. The molecule has 120 valence electrons. The van der Waals surface area contributed by atoms with Crippen molar-refractivity contribution in [2.45, 2.75) is 6.54 Å². The number of hydrogen-bond acceptors (Lipinski definition) is 2. The molecule has 0 saturated heterocycles. The van der Waals surface area contributed by atoms with Crippen LogP contribution < -0.4 is 0 Å². The lowest BCUT2D eigenvalue weighted by Crippen LogP contribution is -2.03. The Bertz CT molecular complexity index is 1240. The molecule has 5 rings (SSSR count). The fourth-order valence-electron chi connectivity index (χ4n) is 3.34. The van der Waals surface area contributed by atoms with Gasteiger partial charge >= 0.3 is 0 Å². The third-order valence-corrected chi connectivity index (χ3v) is 4.54. The second-order valence-corrected chi connectivity index (χ2v) is 6.08. The number of hydrogen-bond donors (Lipinski definition) is 0. The molecule has 0 aliphatic heterocycles. The molecule has 3 nitrogen and oxygen atoms in total. The molecule has 0 spiro atoms. The molecule has 5 aromatic rings. The van der Waals surface area contributed by atoms with E-state index in [0.29, 0.717) is 12.1 Å².